The fourth-order valence-electron chi connectivity index (χ4n) is 0.600. The number of hydrogen-bond acceptors (Lipinski definition) is 5. The quantitative estimate of drug-likeness (QED) is 0.338. The number of hydrogen-bond donors (Lipinski definition) is 0. The number of esters is 2. The van der Waals surface area contributed by atoms with Crippen molar-refractivity contribution in [3.63, 3.8) is 0 Å². The zero-order valence-electron chi connectivity index (χ0n) is 7.87. The van der Waals surface area contributed by atoms with Crippen LogP contribution in [-0.2, 0) is 23.8 Å². The fourth-order valence-corrected chi connectivity index (χ4v) is 0.600. The van der Waals surface area contributed by atoms with Gasteiger partial charge in [0, 0.05) is 6.61 Å². The van der Waals surface area contributed by atoms with E-state index >= 15 is 0 Å². The van der Waals surface area contributed by atoms with Gasteiger partial charge in [0.15, 0.2) is 0 Å². The Kier molecular flexibility index (Phi) is 6.91. The topological polar surface area (TPSA) is 61.8 Å². The molecule has 0 spiro atoms. The second-order valence-electron chi connectivity index (χ2n) is 2.17. The molecular formula is C8H14O5. The molecule has 0 aliphatic carbocycles. The molecule has 0 amide bonds. The molecule has 0 saturated heterocycles. The van der Waals surface area contributed by atoms with Crippen LogP contribution in [0.4, 0.5) is 0 Å². The van der Waals surface area contributed by atoms with Crippen molar-refractivity contribution in [1.82, 2.24) is 0 Å². The van der Waals surface area contributed by atoms with Crippen LogP contribution in [0.1, 0.15) is 13.3 Å². The van der Waals surface area contributed by atoms with Crippen LogP contribution in [0.3, 0.4) is 0 Å². The van der Waals surface area contributed by atoms with Gasteiger partial charge in [0.2, 0.25) is 0 Å². The van der Waals surface area contributed by atoms with E-state index in [4.69, 9.17) is 4.74 Å². The first-order valence-electron chi connectivity index (χ1n) is 4.00. The summed E-state index contributed by atoms with van der Waals surface area (Å²) in [4.78, 5) is 21.4. The highest BCUT2D eigenvalue weighted by molar-refractivity contribution is 5.91. The summed E-state index contributed by atoms with van der Waals surface area (Å²) in [7, 11) is 1.22. The highest BCUT2D eigenvalue weighted by Gasteiger charge is 2.09. The summed E-state index contributed by atoms with van der Waals surface area (Å²) in [6.07, 6.45) is -0.345. The summed E-state index contributed by atoms with van der Waals surface area (Å²) in [5, 5.41) is 0. The van der Waals surface area contributed by atoms with Crippen molar-refractivity contribution in [3.8, 4) is 0 Å². The van der Waals surface area contributed by atoms with Crippen molar-refractivity contribution >= 4 is 11.9 Å². The third-order valence-corrected chi connectivity index (χ3v) is 1.21. The van der Waals surface area contributed by atoms with Crippen molar-refractivity contribution in [2.45, 2.75) is 13.3 Å². The van der Waals surface area contributed by atoms with Crippen molar-refractivity contribution in [2.24, 2.45) is 0 Å². The summed E-state index contributed by atoms with van der Waals surface area (Å²) in [6, 6.07) is 0. The largest absolute Gasteiger partial charge is 0.469 e. The van der Waals surface area contributed by atoms with E-state index in [0.717, 1.165) is 0 Å². The number of ether oxygens (including phenoxy) is 3. The molecule has 0 bridgehead atoms. The minimum Gasteiger partial charge on any atom is -0.469 e. The average molecular weight is 190 g/mol. The molecule has 0 fully saturated rings. The summed E-state index contributed by atoms with van der Waals surface area (Å²) in [5.74, 6) is -1.19. The lowest BCUT2D eigenvalue weighted by Gasteiger charge is -2.03. The Bertz CT molecular complexity index is 166. The summed E-state index contributed by atoms with van der Waals surface area (Å²) < 4.78 is 13.9. The van der Waals surface area contributed by atoms with Crippen LogP contribution in [0.2, 0.25) is 0 Å². The lowest BCUT2D eigenvalue weighted by atomic mass is 10.4. The number of rotatable bonds is 6. The molecule has 0 aliphatic heterocycles. The van der Waals surface area contributed by atoms with Crippen LogP contribution in [0.25, 0.3) is 0 Å². The molecule has 0 aromatic heterocycles. The van der Waals surface area contributed by atoms with E-state index in [1.165, 1.54) is 7.11 Å². The monoisotopic (exact) mass is 190 g/mol. The van der Waals surface area contributed by atoms with Gasteiger partial charge in [-0.25, -0.2) is 0 Å². The highest BCUT2D eigenvalue weighted by atomic mass is 16.6. The van der Waals surface area contributed by atoms with Gasteiger partial charge in [-0.2, -0.15) is 0 Å². The van der Waals surface area contributed by atoms with Crippen LogP contribution >= 0.6 is 0 Å². The van der Waals surface area contributed by atoms with Gasteiger partial charge in [-0.15, -0.1) is 0 Å². The average Bonchev–Trinajstić information content (AvgIpc) is 2.12. The molecule has 0 heterocycles. The van der Waals surface area contributed by atoms with Crippen LogP contribution < -0.4 is 0 Å². The van der Waals surface area contributed by atoms with Gasteiger partial charge in [0.05, 0.1) is 13.7 Å². The smallest absolute Gasteiger partial charge is 0.317 e. The van der Waals surface area contributed by atoms with Gasteiger partial charge in [-0.3, -0.25) is 9.59 Å². The standard InChI is InChI=1S/C8H14O5/c1-3-12-4-5-13-8(10)6-7(9)11-2/h3-6H2,1-2H3. The van der Waals surface area contributed by atoms with E-state index in [1.54, 1.807) is 0 Å². The third-order valence-electron chi connectivity index (χ3n) is 1.21. The normalized spacial score (nSPS) is 9.38. The first-order chi connectivity index (χ1) is 6.20. The van der Waals surface area contributed by atoms with E-state index in [-0.39, 0.29) is 13.0 Å². The summed E-state index contributed by atoms with van der Waals surface area (Å²) >= 11 is 0. The molecule has 76 valence electrons. The molecule has 0 atom stereocenters. The van der Waals surface area contributed by atoms with E-state index < -0.39 is 11.9 Å². The molecule has 0 rings (SSSR count). The molecule has 0 aromatic rings. The maximum absolute atomic E-state index is 10.8. The fraction of sp³-hybridized carbons (Fsp3) is 0.750. The van der Waals surface area contributed by atoms with E-state index in [2.05, 4.69) is 9.47 Å². The van der Waals surface area contributed by atoms with Crippen molar-refractivity contribution in [3.05, 3.63) is 0 Å². The summed E-state index contributed by atoms with van der Waals surface area (Å²) in [6.45, 7) is 2.94. The van der Waals surface area contributed by atoms with Gasteiger partial charge >= 0.3 is 11.9 Å². The molecule has 5 heteroatoms. The molecule has 0 radical (unpaired) electrons. The molecule has 0 aliphatic rings. The van der Waals surface area contributed by atoms with Crippen LogP contribution in [-0.4, -0.2) is 38.9 Å². The van der Waals surface area contributed by atoms with E-state index in [0.29, 0.717) is 13.2 Å². The Balaban J connectivity index is 3.35. The first kappa shape index (κ1) is 11.9. The van der Waals surface area contributed by atoms with Crippen LogP contribution in [0, 0.1) is 0 Å². The Hall–Kier alpha value is -1.10. The molecule has 0 saturated carbocycles. The predicted octanol–water partition coefficient (Wildman–Crippen LogP) is 0.129. The number of carbonyl (C=O) groups excluding carboxylic acids is 2. The lowest BCUT2D eigenvalue weighted by Crippen LogP contribution is -2.15. The van der Waals surface area contributed by atoms with Crippen LogP contribution in [0.15, 0.2) is 0 Å². The molecule has 13 heavy (non-hydrogen) atoms. The van der Waals surface area contributed by atoms with Gasteiger partial charge in [-0.1, -0.05) is 0 Å². The van der Waals surface area contributed by atoms with Crippen LogP contribution in [0.5, 0.6) is 0 Å². The van der Waals surface area contributed by atoms with E-state index in [9.17, 15) is 9.59 Å². The number of methoxy groups -OCH3 is 1. The first-order valence-corrected chi connectivity index (χ1v) is 4.00. The maximum atomic E-state index is 10.8. The Morgan fingerprint density at radius 1 is 1.15 bits per heavy atom. The van der Waals surface area contributed by atoms with Gasteiger partial charge in [0.25, 0.3) is 0 Å². The van der Waals surface area contributed by atoms with Gasteiger partial charge in [0.1, 0.15) is 13.0 Å². The van der Waals surface area contributed by atoms with Crippen molar-refractivity contribution < 1.29 is 23.8 Å². The number of carbonyl (C=O) groups is 2. The zero-order chi connectivity index (χ0) is 10.1. The maximum Gasteiger partial charge on any atom is 0.317 e. The van der Waals surface area contributed by atoms with E-state index in [1.807, 2.05) is 6.92 Å². The van der Waals surface area contributed by atoms with Crippen molar-refractivity contribution in [2.75, 3.05) is 26.9 Å². The van der Waals surface area contributed by atoms with Crippen molar-refractivity contribution in [1.29, 1.82) is 0 Å². The zero-order valence-corrected chi connectivity index (χ0v) is 7.87. The SMILES string of the molecule is CCOCCOC(=O)CC(=O)OC. The highest BCUT2D eigenvalue weighted by Crippen LogP contribution is 1.89. The summed E-state index contributed by atoms with van der Waals surface area (Å²) in [5.41, 5.74) is 0. The molecule has 0 aromatic carbocycles. The van der Waals surface area contributed by atoms with Gasteiger partial charge in [-0.05, 0) is 6.92 Å². The minimum absolute atomic E-state index is 0.170. The Morgan fingerprint density at radius 3 is 2.38 bits per heavy atom. The Morgan fingerprint density at radius 2 is 1.85 bits per heavy atom. The minimum atomic E-state index is -0.596. The second kappa shape index (κ2) is 7.54. The second-order valence-corrected chi connectivity index (χ2v) is 2.17. The molecule has 0 unspecified atom stereocenters. The molecule has 5 nitrogen and oxygen atoms in total. The molecule has 0 N–H and O–H groups in total. The Labute approximate surface area is 77.0 Å². The predicted molar refractivity (Wildman–Crippen MR) is 44.1 cm³/mol. The van der Waals surface area contributed by atoms with Gasteiger partial charge < -0.3 is 14.2 Å². The lowest BCUT2D eigenvalue weighted by molar-refractivity contribution is -0.153. The molecular weight excluding hydrogens is 176 g/mol. The third kappa shape index (κ3) is 7.27.